The topological polar surface area (TPSA) is 44.4 Å². The van der Waals surface area contributed by atoms with Gasteiger partial charge in [-0.25, -0.2) is 4.39 Å². The fourth-order valence-electron chi connectivity index (χ4n) is 2.31. The van der Waals surface area contributed by atoms with E-state index in [0.717, 1.165) is 26.1 Å². The van der Waals surface area contributed by atoms with Crippen LogP contribution in [-0.4, -0.2) is 43.5 Å². The normalized spacial score (nSPS) is 19.6. The van der Waals surface area contributed by atoms with Gasteiger partial charge in [-0.3, -0.25) is 4.79 Å². The number of hydrogen-bond acceptors (Lipinski definition) is 3. The second kappa shape index (κ2) is 6.63. The van der Waals surface area contributed by atoms with Crippen LogP contribution in [0.2, 0.25) is 0 Å². The van der Waals surface area contributed by atoms with Crippen molar-refractivity contribution >= 4 is 11.6 Å². The van der Waals surface area contributed by atoms with E-state index in [-0.39, 0.29) is 11.6 Å². The monoisotopic (exact) mass is 265 g/mol. The van der Waals surface area contributed by atoms with Crippen molar-refractivity contribution in [2.24, 2.45) is 0 Å². The highest BCUT2D eigenvalue weighted by molar-refractivity contribution is 5.90. The van der Waals surface area contributed by atoms with Crippen LogP contribution < -0.4 is 10.6 Å². The second-order valence-corrected chi connectivity index (χ2v) is 4.85. The molecule has 1 aromatic rings. The standard InChI is InChI=1S/C14H20FN3O/c1-16-11-6-8-18(10-11)9-7-14(19)17-13-5-3-2-4-12(13)15/h2-5,11,16H,6-10H2,1H3,(H,17,19). The van der Waals surface area contributed by atoms with Crippen molar-refractivity contribution in [3.05, 3.63) is 30.1 Å². The third kappa shape index (κ3) is 4.01. The lowest BCUT2D eigenvalue weighted by Crippen LogP contribution is -2.31. The molecular formula is C14H20FN3O. The first-order valence-electron chi connectivity index (χ1n) is 6.63. The summed E-state index contributed by atoms with van der Waals surface area (Å²) in [5.74, 6) is -0.537. The molecule has 2 rings (SSSR count). The quantitative estimate of drug-likeness (QED) is 0.847. The minimum atomic E-state index is -0.396. The number of carbonyl (C=O) groups is 1. The number of benzene rings is 1. The highest BCUT2D eigenvalue weighted by Gasteiger charge is 2.21. The number of anilines is 1. The Bertz CT molecular complexity index is 438. The third-order valence-corrected chi connectivity index (χ3v) is 3.48. The SMILES string of the molecule is CNC1CCN(CCC(=O)Nc2ccccc2F)C1. The lowest BCUT2D eigenvalue weighted by Gasteiger charge is -2.15. The third-order valence-electron chi connectivity index (χ3n) is 3.48. The molecular weight excluding hydrogens is 245 g/mol. The zero-order valence-corrected chi connectivity index (χ0v) is 11.2. The molecule has 5 heteroatoms. The predicted molar refractivity (Wildman–Crippen MR) is 73.6 cm³/mol. The van der Waals surface area contributed by atoms with Gasteiger partial charge in [-0.15, -0.1) is 0 Å². The van der Waals surface area contributed by atoms with E-state index < -0.39 is 5.82 Å². The largest absolute Gasteiger partial charge is 0.324 e. The zero-order chi connectivity index (χ0) is 13.7. The van der Waals surface area contributed by atoms with Crippen molar-refractivity contribution in [2.75, 3.05) is 32.0 Å². The Labute approximate surface area is 113 Å². The molecule has 0 radical (unpaired) electrons. The Morgan fingerprint density at radius 2 is 2.26 bits per heavy atom. The molecule has 1 saturated heterocycles. The lowest BCUT2D eigenvalue weighted by atomic mass is 10.3. The average molecular weight is 265 g/mol. The van der Waals surface area contributed by atoms with Crippen molar-refractivity contribution in [1.29, 1.82) is 0 Å². The molecule has 1 aliphatic rings. The average Bonchev–Trinajstić information content (AvgIpc) is 2.87. The maximum atomic E-state index is 13.4. The lowest BCUT2D eigenvalue weighted by molar-refractivity contribution is -0.116. The predicted octanol–water partition coefficient (Wildman–Crippen LogP) is 1.45. The Balaban J connectivity index is 1.75. The minimum Gasteiger partial charge on any atom is -0.324 e. The van der Waals surface area contributed by atoms with Gasteiger partial charge in [0.15, 0.2) is 0 Å². The highest BCUT2D eigenvalue weighted by Crippen LogP contribution is 2.13. The van der Waals surface area contributed by atoms with Gasteiger partial charge in [-0.2, -0.15) is 0 Å². The van der Waals surface area contributed by atoms with Gasteiger partial charge in [0.05, 0.1) is 5.69 Å². The number of nitrogens with one attached hydrogen (secondary N) is 2. The molecule has 19 heavy (non-hydrogen) atoms. The zero-order valence-electron chi connectivity index (χ0n) is 11.2. The van der Waals surface area contributed by atoms with Crippen molar-refractivity contribution in [3.63, 3.8) is 0 Å². The fraction of sp³-hybridized carbons (Fsp3) is 0.500. The van der Waals surface area contributed by atoms with Crippen LogP contribution in [0.3, 0.4) is 0 Å². The Hall–Kier alpha value is -1.46. The van der Waals surface area contributed by atoms with Gasteiger partial charge >= 0.3 is 0 Å². The first-order valence-corrected chi connectivity index (χ1v) is 6.63. The number of likely N-dealkylation sites (N-methyl/N-ethyl adjacent to an activating group) is 1. The number of carbonyl (C=O) groups excluding carboxylic acids is 1. The van der Waals surface area contributed by atoms with Crippen molar-refractivity contribution < 1.29 is 9.18 Å². The van der Waals surface area contributed by atoms with Gasteiger partial charge in [-0.05, 0) is 32.1 Å². The molecule has 1 fully saturated rings. The summed E-state index contributed by atoms with van der Waals surface area (Å²) in [5.41, 5.74) is 0.252. The van der Waals surface area contributed by atoms with Gasteiger partial charge < -0.3 is 15.5 Å². The van der Waals surface area contributed by atoms with Crippen LogP contribution in [0.1, 0.15) is 12.8 Å². The summed E-state index contributed by atoms with van der Waals surface area (Å²) >= 11 is 0. The molecule has 0 saturated carbocycles. The van der Waals surface area contributed by atoms with Crippen LogP contribution in [0.15, 0.2) is 24.3 Å². The summed E-state index contributed by atoms with van der Waals surface area (Å²) in [7, 11) is 1.96. The number of para-hydroxylation sites is 1. The number of hydrogen-bond donors (Lipinski definition) is 2. The maximum Gasteiger partial charge on any atom is 0.225 e. The number of rotatable bonds is 5. The van der Waals surface area contributed by atoms with Crippen molar-refractivity contribution in [1.82, 2.24) is 10.2 Å². The van der Waals surface area contributed by atoms with Crippen LogP contribution in [0.4, 0.5) is 10.1 Å². The number of likely N-dealkylation sites (tertiary alicyclic amines) is 1. The summed E-state index contributed by atoms with van der Waals surface area (Å²) in [5, 5.41) is 5.84. The molecule has 0 spiro atoms. The summed E-state index contributed by atoms with van der Waals surface area (Å²) in [6, 6.07) is 6.74. The first-order chi connectivity index (χ1) is 9.19. The summed E-state index contributed by atoms with van der Waals surface area (Å²) in [6.07, 6.45) is 1.51. The number of nitrogens with zero attached hydrogens (tertiary/aromatic N) is 1. The number of amides is 1. The number of halogens is 1. The molecule has 0 aromatic heterocycles. The molecule has 1 atom stereocenters. The Kier molecular flexibility index (Phi) is 4.87. The molecule has 1 aromatic carbocycles. The van der Waals surface area contributed by atoms with Crippen LogP contribution in [0.25, 0.3) is 0 Å². The van der Waals surface area contributed by atoms with Crippen LogP contribution >= 0.6 is 0 Å². The van der Waals surface area contributed by atoms with Gasteiger partial charge in [0.2, 0.25) is 5.91 Å². The van der Waals surface area contributed by atoms with Crippen molar-refractivity contribution in [3.8, 4) is 0 Å². The molecule has 1 aliphatic heterocycles. The molecule has 0 bridgehead atoms. The molecule has 4 nitrogen and oxygen atoms in total. The molecule has 2 N–H and O–H groups in total. The summed E-state index contributed by atoms with van der Waals surface area (Å²) in [6.45, 7) is 2.71. The van der Waals surface area contributed by atoms with Gasteiger partial charge in [0.1, 0.15) is 5.82 Å². The molecule has 0 aliphatic carbocycles. The van der Waals surface area contributed by atoms with E-state index in [2.05, 4.69) is 15.5 Å². The molecule has 104 valence electrons. The fourth-order valence-corrected chi connectivity index (χ4v) is 2.31. The molecule has 1 amide bonds. The van der Waals surface area contributed by atoms with E-state index in [1.54, 1.807) is 18.2 Å². The van der Waals surface area contributed by atoms with E-state index >= 15 is 0 Å². The Morgan fingerprint density at radius 3 is 2.95 bits per heavy atom. The minimum absolute atomic E-state index is 0.141. The first kappa shape index (κ1) is 14.0. The molecule has 1 unspecified atom stereocenters. The van der Waals surface area contributed by atoms with Crippen LogP contribution in [-0.2, 0) is 4.79 Å². The Morgan fingerprint density at radius 1 is 1.47 bits per heavy atom. The van der Waals surface area contributed by atoms with E-state index in [1.807, 2.05) is 7.05 Å². The smallest absolute Gasteiger partial charge is 0.225 e. The van der Waals surface area contributed by atoms with Crippen LogP contribution in [0, 0.1) is 5.82 Å². The van der Waals surface area contributed by atoms with Gasteiger partial charge in [0, 0.05) is 25.6 Å². The summed E-state index contributed by atoms with van der Waals surface area (Å²) < 4.78 is 13.4. The van der Waals surface area contributed by atoms with E-state index in [4.69, 9.17) is 0 Å². The molecule has 1 heterocycles. The van der Waals surface area contributed by atoms with E-state index in [1.165, 1.54) is 6.07 Å². The van der Waals surface area contributed by atoms with Gasteiger partial charge in [0.25, 0.3) is 0 Å². The van der Waals surface area contributed by atoms with E-state index in [9.17, 15) is 9.18 Å². The highest BCUT2D eigenvalue weighted by atomic mass is 19.1. The van der Waals surface area contributed by atoms with Gasteiger partial charge in [-0.1, -0.05) is 12.1 Å². The van der Waals surface area contributed by atoms with E-state index in [0.29, 0.717) is 12.5 Å². The van der Waals surface area contributed by atoms with Crippen molar-refractivity contribution in [2.45, 2.75) is 18.9 Å². The maximum absolute atomic E-state index is 13.4. The second-order valence-electron chi connectivity index (χ2n) is 4.85. The van der Waals surface area contributed by atoms with Crippen LogP contribution in [0.5, 0.6) is 0 Å². The summed E-state index contributed by atoms with van der Waals surface area (Å²) in [4.78, 5) is 14.0.